The van der Waals surface area contributed by atoms with Gasteiger partial charge in [0.25, 0.3) is 5.91 Å². The van der Waals surface area contributed by atoms with E-state index >= 15 is 0 Å². The van der Waals surface area contributed by atoms with Crippen molar-refractivity contribution in [1.82, 2.24) is 14.9 Å². The first kappa shape index (κ1) is 11.5. The predicted octanol–water partition coefficient (Wildman–Crippen LogP) is -0.186. The number of piperidine rings is 1. The van der Waals surface area contributed by atoms with Crippen LogP contribution in [0.2, 0.25) is 0 Å². The van der Waals surface area contributed by atoms with E-state index in [1.54, 1.807) is 4.90 Å². The molecule has 2 amide bonds. The lowest BCUT2D eigenvalue weighted by molar-refractivity contribution is -0.123. The molecule has 1 aliphatic heterocycles. The van der Waals surface area contributed by atoms with E-state index in [-0.39, 0.29) is 17.7 Å². The zero-order chi connectivity index (χ0) is 12.3. The quantitative estimate of drug-likeness (QED) is 0.768. The number of carbonyl (C=O) groups is 2. The Hall–Kier alpha value is -1.98. The number of aromatic nitrogens is 2. The second-order valence-electron chi connectivity index (χ2n) is 4.06. The van der Waals surface area contributed by atoms with Crippen molar-refractivity contribution in [2.45, 2.75) is 12.8 Å². The summed E-state index contributed by atoms with van der Waals surface area (Å²) in [5.41, 5.74) is 5.57. The van der Waals surface area contributed by atoms with Gasteiger partial charge in [-0.15, -0.1) is 0 Å². The Balaban J connectivity index is 1.98. The predicted molar refractivity (Wildman–Crippen MR) is 59.9 cm³/mol. The van der Waals surface area contributed by atoms with Gasteiger partial charge in [0.15, 0.2) is 0 Å². The van der Waals surface area contributed by atoms with Gasteiger partial charge in [-0.3, -0.25) is 14.6 Å². The molecule has 0 atom stereocenters. The molecule has 0 aliphatic carbocycles. The Kier molecular flexibility index (Phi) is 3.32. The van der Waals surface area contributed by atoms with Crippen LogP contribution in [0.25, 0.3) is 0 Å². The smallest absolute Gasteiger partial charge is 0.274 e. The Morgan fingerprint density at radius 2 is 2.00 bits per heavy atom. The minimum Gasteiger partial charge on any atom is -0.369 e. The van der Waals surface area contributed by atoms with Crippen LogP contribution in [0, 0.1) is 5.92 Å². The Labute approximate surface area is 98.8 Å². The zero-order valence-corrected chi connectivity index (χ0v) is 9.37. The third-order valence-electron chi connectivity index (χ3n) is 2.97. The van der Waals surface area contributed by atoms with Gasteiger partial charge < -0.3 is 10.6 Å². The van der Waals surface area contributed by atoms with Crippen LogP contribution in [-0.2, 0) is 4.79 Å². The maximum absolute atomic E-state index is 12.0. The Morgan fingerprint density at radius 1 is 1.29 bits per heavy atom. The number of hydrogen-bond acceptors (Lipinski definition) is 4. The molecule has 6 heteroatoms. The first-order valence-electron chi connectivity index (χ1n) is 5.53. The van der Waals surface area contributed by atoms with E-state index in [1.807, 2.05) is 0 Å². The summed E-state index contributed by atoms with van der Waals surface area (Å²) >= 11 is 0. The lowest BCUT2D eigenvalue weighted by Crippen LogP contribution is -2.42. The van der Waals surface area contributed by atoms with Gasteiger partial charge in [-0.2, -0.15) is 0 Å². The van der Waals surface area contributed by atoms with Gasteiger partial charge in [-0.25, -0.2) is 4.98 Å². The normalized spacial score (nSPS) is 16.8. The van der Waals surface area contributed by atoms with E-state index in [2.05, 4.69) is 9.97 Å². The van der Waals surface area contributed by atoms with Crippen molar-refractivity contribution in [2.24, 2.45) is 11.7 Å². The zero-order valence-electron chi connectivity index (χ0n) is 9.37. The van der Waals surface area contributed by atoms with Gasteiger partial charge in [0, 0.05) is 31.4 Å². The fourth-order valence-electron chi connectivity index (χ4n) is 1.94. The average molecular weight is 234 g/mol. The highest BCUT2D eigenvalue weighted by Gasteiger charge is 2.26. The van der Waals surface area contributed by atoms with Crippen LogP contribution >= 0.6 is 0 Å². The largest absolute Gasteiger partial charge is 0.369 e. The number of nitrogens with zero attached hydrogens (tertiary/aromatic N) is 3. The summed E-state index contributed by atoms with van der Waals surface area (Å²) in [6, 6.07) is 0. The number of rotatable bonds is 2. The molecule has 0 spiro atoms. The molecule has 90 valence electrons. The summed E-state index contributed by atoms with van der Waals surface area (Å²) in [7, 11) is 0. The second-order valence-corrected chi connectivity index (χ2v) is 4.06. The third-order valence-corrected chi connectivity index (χ3v) is 2.97. The standard InChI is InChI=1S/C11H14N4O2/c12-10(16)8-1-5-15(6-2-8)11(17)9-7-13-3-4-14-9/h3-4,7-8H,1-2,5-6H2,(H2,12,16). The molecule has 1 aliphatic rings. The SMILES string of the molecule is NC(=O)C1CCN(C(=O)c2cnccn2)CC1. The van der Waals surface area contributed by atoms with Gasteiger partial charge in [0.05, 0.1) is 6.20 Å². The van der Waals surface area contributed by atoms with Gasteiger partial charge >= 0.3 is 0 Å². The molecular weight excluding hydrogens is 220 g/mol. The molecular formula is C11H14N4O2. The molecule has 17 heavy (non-hydrogen) atoms. The summed E-state index contributed by atoms with van der Waals surface area (Å²) in [5, 5.41) is 0. The van der Waals surface area contributed by atoms with Crippen LogP contribution < -0.4 is 5.73 Å². The number of nitrogens with two attached hydrogens (primary N) is 1. The minimum atomic E-state index is -0.281. The van der Waals surface area contributed by atoms with E-state index < -0.39 is 0 Å². The Morgan fingerprint density at radius 3 is 2.53 bits per heavy atom. The van der Waals surface area contributed by atoms with Crippen molar-refractivity contribution in [3.8, 4) is 0 Å². The van der Waals surface area contributed by atoms with E-state index in [0.29, 0.717) is 31.6 Å². The van der Waals surface area contributed by atoms with Crippen molar-refractivity contribution >= 4 is 11.8 Å². The molecule has 0 aromatic carbocycles. The number of likely N-dealkylation sites (tertiary alicyclic amines) is 1. The minimum absolute atomic E-state index is 0.110. The first-order chi connectivity index (χ1) is 8.18. The molecule has 0 saturated carbocycles. The Bertz CT molecular complexity index is 413. The van der Waals surface area contributed by atoms with Crippen molar-refractivity contribution in [3.63, 3.8) is 0 Å². The van der Waals surface area contributed by atoms with E-state index in [9.17, 15) is 9.59 Å². The molecule has 1 aromatic heterocycles. The monoisotopic (exact) mass is 234 g/mol. The molecule has 2 N–H and O–H groups in total. The maximum Gasteiger partial charge on any atom is 0.274 e. The summed E-state index contributed by atoms with van der Waals surface area (Å²) < 4.78 is 0. The highest BCUT2D eigenvalue weighted by Crippen LogP contribution is 2.17. The second kappa shape index (κ2) is 4.90. The molecule has 2 rings (SSSR count). The fraction of sp³-hybridized carbons (Fsp3) is 0.455. The molecule has 1 saturated heterocycles. The number of amides is 2. The van der Waals surface area contributed by atoms with Crippen LogP contribution in [0.5, 0.6) is 0 Å². The number of hydrogen-bond donors (Lipinski definition) is 1. The van der Waals surface area contributed by atoms with Crippen LogP contribution in [0.1, 0.15) is 23.3 Å². The average Bonchev–Trinajstić information content (AvgIpc) is 2.39. The number of primary amides is 1. The third kappa shape index (κ3) is 2.58. The fourth-order valence-corrected chi connectivity index (χ4v) is 1.94. The van der Waals surface area contributed by atoms with Gasteiger partial charge in [0.1, 0.15) is 5.69 Å². The van der Waals surface area contributed by atoms with Crippen LogP contribution in [0.4, 0.5) is 0 Å². The first-order valence-corrected chi connectivity index (χ1v) is 5.53. The molecule has 1 aromatic rings. The van der Waals surface area contributed by atoms with Gasteiger partial charge in [-0.05, 0) is 12.8 Å². The number of carbonyl (C=O) groups excluding carboxylic acids is 2. The lowest BCUT2D eigenvalue weighted by atomic mass is 9.96. The van der Waals surface area contributed by atoms with Crippen LogP contribution in [0.15, 0.2) is 18.6 Å². The maximum atomic E-state index is 12.0. The van der Waals surface area contributed by atoms with Gasteiger partial charge in [0.2, 0.25) is 5.91 Å². The van der Waals surface area contributed by atoms with E-state index in [0.717, 1.165) is 0 Å². The molecule has 1 fully saturated rings. The highest BCUT2D eigenvalue weighted by molar-refractivity contribution is 5.92. The van der Waals surface area contributed by atoms with Crippen LogP contribution in [-0.4, -0.2) is 39.8 Å². The lowest BCUT2D eigenvalue weighted by Gasteiger charge is -2.30. The molecule has 0 radical (unpaired) electrons. The summed E-state index contributed by atoms with van der Waals surface area (Å²) in [6.07, 6.45) is 5.71. The van der Waals surface area contributed by atoms with E-state index in [1.165, 1.54) is 18.6 Å². The van der Waals surface area contributed by atoms with Crippen molar-refractivity contribution in [1.29, 1.82) is 0 Å². The molecule has 2 heterocycles. The highest BCUT2D eigenvalue weighted by atomic mass is 16.2. The van der Waals surface area contributed by atoms with Crippen molar-refractivity contribution in [3.05, 3.63) is 24.3 Å². The molecule has 6 nitrogen and oxygen atoms in total. The van der Waals surface area contributed by atoms with Crippen molar-refractivity contribution in [2.75, 3.05) is 13.1 Å². The van der Waals surface area contributed by atoms with Crippen molar-refractivity contribution < 1.29 is 9.59 Å². The topological polar surface area (TPSA) is 89.2 Å². The molecule has 0 bridgehead atoms. The summed E-state index contributed by atoms with van der Waals surface area (Å²) in [5.74, 6) is -0.529. The summed E-state index contributed by atoms with van der Waals surface area (Å²) in [4.78, 5) is 32.5. The van der Waals surface area contributed by atoms with Crippen LogP contribution in [0.3, 0.4) is 0 Å². The van der Waals surface area contributed by atoms with E-state index in [4.69, 9.17) is 5.73 Å². The molecule has 0 unspecified atom stereocenters. The van der Waals surface area contributed by atoms with Gasteiger partial charge in [-0.1, -0.05) is 0 Å². The summed E-state index contributed by atoms with van der Waals surface area (Å²) in [6.45, 7) is 1.09.